The lowest BCUT2D eigenvalue weighted by Gasteiger charge is -2.30. The molecule has 1 aliphatic rings. The van der Waals surface area contributed by atoms with Crippen molar-refractivity contribution < 1.29 is 17.9 Å². The summed E-state index contributed by atoms with van der Waals surface area (Å²) in [4.78, 5) is 0. The van der Waals surface area contributed by atoms with Gasteiger partial charge in [0.1, 0.15) is 0 Å². The van der Waals surface area contributed by atoms with Crippen molar-refractivity contribution in [1.29, 1.82) is 0 Å². The zero-order chi connectivity index (χ0) is 9.19. The van der Waals surface area contributed by atoms with Gasteiger partial charge in [-0.25, -0.2) is 0 Å². The van der Waals surface area contributed by atoms with E-state index < -0.39 is 12.3 Å². The molecule has 1 rings (SSSR count). The third kappa shape index (κ3) is 2.37. The van der Waals surface area contributed by atoms with E-state index >= 15 is 0 Å². The van der Waals surface area contributed by atoms with E-state index in [0.29, 0.717) is 0 Å². The molecule has 0 aromatic heterocycles. The molecule has 0 N–H and O–H groups in total. The van der Waals surface area contributed by atoms with Gasteiger partial charge in [-0.3, -0.25) is 0 Å². The number of hydrogen-bond acceptors (Lipinski definition) is 1. The largest absolute Gasteiger partial charge is 0.414 e. The van der Waals surface area contributed by atoms with E-state index in [1.165, 1.54) is 0 Å². The average molecular weight is 182 g/mol. The molecule has 1 fully saturated rings. The Morgan fingerprint density at radius 2 is 2.08 bits per heavy atom. The molecule has 1 saturated heterocycles. The van der Waals surface area contributed by atoms with Gasteiger partial charge in [0, 0.05) is 6.61 Å². The quantitative estimate of drug-likeness (QED) is 0.605. The van der Waals surface area contributed by atoms with Crippen molar-refractivity contribution in [2.24, 2.45) is 5.92 Å². The minimum Gasteiger partial charge on any atom is -0.369 e. The lowest BCUT2D eigenvalue weighted by atomic mass is 9.93. The van der Waals surface area contributed by atoms with E-state index in [2.05, 4.69) is 4.74 Å². The first-order valence-electron chi connectivity index (χ1n) is 4.22. The topological polar surface area (TPSA) is 9.23 Å². The highest BCUT2D eigenvalue weighted by Crippen LogP contribution is 2.33. The van der Waals surface area contributed by atoms with Gasteiger partial charge in [0.15, 0.2) is 6.10 Å². The first-order valence-corrected chi connectivity index (χ1v) is 4.22. The molecule has 0 spiro atoms. The number of alkyl halides is 3. The van der Waals surface area contributed by atoms with Crippen molar-refractivity contribution in [3.05, 3.63) is 0 Å². The van der Waals surface area contributed by atoms with Crippen molar-refractivity contribution in [1.82, 2.24) is 0 Å². The Bertz CT molecular complexity index is 144. The summed E-state index contributed by atoms with van der Waals surface area (Å²) in [7, 11) is 0. The van der Waals surface area contributed by atoms with Crippen LogP contribution in [-0.2, 0) is 4.74 Å². The smallest absolute Gasteiger partial charge is 0.369 e. The summed E-state index contributed by atoms with van der Waals surface area (Å²) >= 11 is 0. The summed E-state index contributed by atoms with van der Waals surface area (Å²) < 4.78 is 41.0. The molecule has 0 aromatic carbocycles. The Morgan fingerprint density at radius 3 is 2.58 bits per heavy atom. The molecular formula is C8H13F3O. The zero-order valence-corrected chi connectivity index (χ0v) is 7.03. The lowest BCUT2D eigenvalue weighted by molar-refractivity contribution is -0.235. The fourth-order valence-corrected chi connectivity index (χ4v) is 1.46. The van der Waals surface area contributed by atoms with E-state index in [-0.39, 0.29) is 18.9 Å². The van der Waals surface area contributed by atoms with Crippen LogP contribution in [0.5, 0.6) is 0 Å². The fourth-order valence-electron chi connectivity index (χ4n) is 1.46. The van der Waals surface area contributed by atoms with Crippen molar-refractivity contribution in [3.8, 4) is 0 Å². The Balaban J connectivity index is 2.46. The second-order valence-electron chi connectivity index (χ2n) is 3.20. The first-order chi connectivity index (χ1) is 5.54. The summed E-state index contributed by atoms with van der Waals surface area (Å²) in [6.07, 6.45) is -3.97. The van der Waals surface area contributed by atoms with Gasteiger partial charge in [-0.05, 0) is 18.8 Å². The summed E-state index contributed by atoms with van der Waals surface area (Å²) in [6.45, 7) is 2.17. The maximum absolute atomic E-state index is 12.1. The first kappa shape index (κ1) is 9.84. The number of halogens is 3. The van der Waals surface area contributed by atoms with Crippen molar-refractivity contribution >= 4 is 0 Å². The molecule has 1 aliphatic heterocycles. The van der Waals surface area contributed by atoms with Crippen LogP contribution in [-0.4, -0.2) is 18.9 Å². The normalized spacial score (nSPS) is 32.0. The second kappa shape index (κ2) is 3.64. The van der Waals surface area contributed by atoms with E-state index in [1.807, 2.05) is 6.92 Å². The number of rotatable bonds is 1. The molecule has 12 heavy (non-hydrogen) atoms. The Kier molecular flexibility index (Phi) is 2.99. The molecule has 72 valence electrons. The molecule has 2 atom stereocenters. The van der Waals surface area contributed by atoms with Crippen LogP contribution < -0.4 is 0 Å². The lowest BCUT2D eigenvalue weighted by Crippen LogP contribution is -2.37. The summed E-state index contributed by atoms with van der Waals surface area (Å²) in [5.41, 5.74) is 0. The highest BCUT2D eigenvalue weighted by Gasteiger charge is 2.43. The predicted octanol–water partition coefficient (Wildman–Crippen LogP) is 2.75. The summed E-state index contributed by atoms with van der Waals surface area (Å²) in [6, 6.07) is 0. The number of ether oxygens (including phenoxy) is 1. The van der Waals surface area contributed by atoms with Crippen LogP contribution in [0.15, 0.2) is 0 Å². The highest BCUT2D eigenvalue weighted by molar-refractivity contribution is 4.76. The molecule has 0 aromatic rings. The Morgan fingerprint density at radius 1 is 1.42 bits per heavy atom. The van der Waals surface area contributed by atoms with Crippen LogP contribution in [0.2, 0.25) is 0 Å². The van der Waals surface area contributed by atoms with Gasteiger partial charge in [0.2, 0.25) is 0 Å². The van der Waals surface area contributed by atoms with E-state index in [0.717, 1.165) is 12.8 Å². The standard InChI is InChI=1S/C8H13F3O/c1-2-6-3-4-12-7(5-6)8(9,10)11/h6-7H,2-5H2,1H3. The molecule has 0 aliphatic carbocycles. The molecule has 1 nitrogen and oxygen atoms in total. The van der Waals surface area contributed by atoms with E-state index in [4.69, 9.17) is 0 Å². The summed E-state index contributed by atoms with van der Waals surface area (Å²) in [5.74, 6) is 0.186. The third-order valence-electron chi connectivity index (χ3n) is 2.33. The van der Waals surface area contributed by atoms with Gasteiger partial charge < -0.3 is 4.74 Å². The minimum absolute atomic E-state index is 0.139. The predicted molar refractivity (Wildman–Crippen MR) is 38.8 cm³/mol. The zero-order valence-electron chi connectivity index (χ0n) is 7.03. The maximum Gasteiger partial charge on any atom is 0.414 e. The molecule has 1 heterocycles. The second-order valence-corrected chi connectivity index (χ2v) is 3.20. The van der Waals surface area contributed by atoms with Gasteiger partial charge in [0.05, 0.1) is 0 Å². The van der Waals surface area contributed by atoms with Crippen molar-refractivity contribution in [2.45, 2.75) is 38.5 Å². The number of hydrogen-bond donors (Lipinski definition) is 0. The van der Waals surface area contributed by atoms with E-state index in [9.17, 15) is 13.2 Å². The monoisotopic (exact) mass is 182 g/mol. The maximum atomic E-state index is 12.1. The molecule has 0 amide bonds. The van der Waals surface area contributed by atoms with Crippen LogP contribution in [0.1, 0.15) is 26.2 Å². The van der Waals surface area contributed by atoms with Crippen LogP contribution in [0.25, 0.3) is 0 Å². The SMILES string of the molecule is CCC1CCOC(C(F)(F)F)C1. The van der Waals surface area contributed by atoms with Gasteiger partial charge in [-0.1, -0.05) is 13.3 Å². The highest BCUT2D eigenvalue weighted by atomic mass is 19.4. The van der Waals surface area contributed by atoms with Gasteiger partial charge in [-0.2, -0.15) is 13.2 Å². The Labute approximate surface area is 69.9 Å². The van der Waals surface area contributed by atoms with Crippen molar-refractivity contribution in [3.63, 3.8) is 0 Å². The van der Waals surface area contributed by atoms with Gasteiger partial charge in [-0.15, -0.1) is 0 Å². The van der Waals surface area contributed by atoms with Crippen LogP contribution in [0.4, 0.5) is 13.2 Å². The van der Waals surface area contributed by atoms with Crippen LogP contribution >= 0.6 is 0 Å². The third-order valence-corrected chi connectivity index (χ3v) is 2.33. The summed E-state index contributed by atoms with van der Waals surface area (Å²) in [5, 5.41) is 0. The fraction of sp³-hybridized carbons (Fsp3) is 1.00. The molecule has 4 heteroatoms. The minimum atomic E-state index is -4.17. The van der Waals surface area contributed by atoms with Crippen molar-refractivity contribution in [2.75, 3.05) is 6.61 Å². The van der Waals surface area contributed by atoms with Gasteiger partial charge in [0.25, 0.3) is 0 Å². The molecular weight excluding hydrogens is 169 g/mol. The van der Waals surface area contributed by atoms with E-state index in [1.54, 1.807) is 0 Å². The molecule has 2 unspecified atom stereocenters. The molecule has 0 radical (unpaired) electrons. The molecule has 0 bridgehead atoms. The average Bonchev–Trinajstić information content (AvgIpc) is 2.03. The van der Waals surface area contributed by atoms with Crippen LogP contribution in [0, 0.1) is 5.92 Å². The molecule has 0 saturated carbocycles. The van der Waals surface area contributed by atoms with Gasteiger partial charge >= 0.3 is 6.18 Å². The van der Waals surface area contributed by atoms with Crippen LogP contribution in [0.3, 0.4) is 0 Å². The Hall–Kier alpha value is -0.250.